The fourth-order valence-corrected chi connectivity index (χ4v) is 5.06. The minimum Gasteiger partial charge on any atom is -0.494 e. The average molecular weight is 325 g/mol. The maximum atomic E-state index is 12.2. The number of benzene rings is 1. The molecule has 0 radical (unpaired) electrons. The van der Waals surface area contributed by atoms with Crippen molar-refractivity contribution >= 4 is 15.7 Å². The molecule has 0 aliphatic carbocycles. The summed E-state index contributed by atoms with van der Waals surface area (Å²) < 4.78 is 34.2. The molecule has 0 spiro atoms. The highest BCUT2D eigenvalue weighted by molar-refractivity contribution is 7.92. The second kappa shape index (κ2) is 5.79. The van der Waals surface area contributed by atoms with Gasteiger partial charge in [0.2, 0.25) is 0 Å². The summed E-state index contributed by atoms with van der Waals surface area (Å²) in [5.74, 6) is 1.28. The van der Waals surface area contributed by atoms with E-state index < -0.39 is 9.84 Å². The van der Waals surface area contributed by atoms with Crippen LogP contribution in [-0.4, -0.2) is 56.0 Å². The zero-order valence-electron chi connectivity index (χ0n) is 12.4. The van der Waals surface area contributed by atoms with Crippen LogP contribution in [0.5, 0.6) is 11.5 Å². The summed E-state index contributed by atoms with van der Waals surface area (Å²) in [5, 5.41) is -0.382. The molecular weight excluding hydrogens is 306 g/mol. The van der Waals surface area contributed by atoms with Crippen molar-refractivity contribution < 1.29 is 22.7 Å². The first kappa shape index (κ1) is 15.1. The lowest BCUT2D eigenvalue weighted by Crippen LogP contribution is -2.45. The third-order valence-corrected chi connectivity index (χ3v) is 6.33. The molecule has 1 aromatic carbocycles. The standard InChI is InChI=1S/C15H19NO5S/c1-2-20-12-3-5-13(6-4-12)21-9-15(17)16-8-14-7-11(16)10-22(14,18)19/h3-6,11,14H,2,7-10H2,1H3. The van der Waals surface area contributed by atoms with Crippen LogP contribution in [0, 0.1) is 0 Å². The number of likely N-dealkylation sites (tertiary alicyclic amines) is 1. The zero-order valence-corrected chi connectivity index (χ0v) is 13.2. The third-order valence-electron chi connectivity index (χ3n) is 4.13. The van der Waals surface area contributed by atoms with E-state index in [9.17, 15) is 13.2 Å². The van der Waals surface area contributed by atoms with Gasteiger partial charge in [-0.05, 0) is 37.6 Å². The molecule has 120 valence electrons. The Morgan fingerprint density at radius 1 is 1.23 bits per heavy atom. The molecule has 7 heteroatoms. The number of hydrogen-bond donors (Lipinski definition) is 0. The van der Waals surface area contributed by atoms with Gasteiger partial charge < -0.3 is 14.4 Å². The molecule has 0 saturated carbocycles. The smallest absolute Gasteiger partial charge is 0.260 e. The Balaban J connectivity index is 1.53. The van der Waals surface area contributed by atoms with Gasteiger partial charge in [0.05, 0.1) is 17.6 Å². The maximum absolute atomic E-state index is 12.2. The first-order chi connectivity index (χ1) is 10.5. The third kappa shape index (κ3) is 2.90. The van der Waals surface area contributed by atoms with Crippen LogP contribution in [0.2, 0.25) is 0 Å². The van der Waals surface area contributed by atoms with Gasteiger partial charge in [0.15, 0.2) is 16.4 Å². The minimum atomic E-state index is -2.98. The van der Waals surface area contributed by atoms with E-state index in [1.165, 1.54) is 0 Å². The van der Waals surface area contributed by atoms with Crippen LogP contribution in [0.25, 0.3) is 0 Å². The molecule has 2 heterocycles. The van der Waals surface area contributed by atoms with E-state index in [1.54, 1.807) is 29.2 Å². The zero-order chi connectivity index (χ0) is 15.7. The van der Waals surface area contributed by atoms with Crippen LogP contribution < -0.4 is 9.47 Å². The minimum absolute atomic E-state index is 0.0722. The summed E-state index contributed by atoms with van der Waals surface area (Å²) >= 11 is 0. The largest absolute Gasteiger partial charge is 0.494 e. The molecule has 2 aliphatic heterocycles. The second-order valence-corrected chi connectivity index (χ2v) is 7.91. The molecule has 0 aromatic heterocycles. The molecule has 2 fully saturated rings. The summed E-state index contributed by atoms with van der Waals surface area (Å²) in [6.45, 7) is 2.74. The first-order valence-corrected chi connectivity index (χ1v) is 9.08. The van der Waals surface area contributed by atoms with E-state index in [0.29, 0.717) is 25.3 Å². The quantitative estimate of drug-likeness (QED) is 0.803. The Hall–Kier alpha value is -1.76. The van der Waals surface area contributed by atoms with Crippen LogP contribution in [0.15, 0.2) is 24.3 Å². The van der Waals surface area contributed by atoms with Crippen molar-refractivity contribution in [3.05, 3.63) is 24.3 Å². The predicted molar refractivity (Wildman–Crippen MR) is 80.8 cm³/mol. The lowest BCUT2D eigenvalue weighted by atomic mass is 10.2. The predicted octanol–water partition coefficient (Wildman–Crippen LogP) is 0.862. The normalized spacial score (nSPS) is 25.2. The van der Waals surface area contributed by atoms with Crippen LogP contribution in [0.1, 0.15) is 13.3 Å². The summed E-state index contributed by atoms with van der Waals surface area (Å²) in [5.41, 5.74) is 0. The van der Waals surface area contributed by atoms with Gasteiger partial charge in [-0.15, -0.1) is 0 Å². The number of fused-ring (bicyclic) bond motifs is 2. The molecule has 2 atom stereocenters. The van der Waals surface area contributed by atoms with E-state index in [0.717, 1.165) is 5.75 Å². The highest BCUT2D eigenvalue weighted by Gasteiger charge is 2.49. The van der Waals surface area contributed by atoms with Gasteiger partial charge in [-0.1, -0.05) is 0 Å². The molecule has 1 aromatic rings. The van der Waals surface area contributed by atoms with Gasteiger partial charge in [-0.2, -0.15) is 0 Å². The summed E-state index contributed by atoms with van der Waals surface area (Å²) in [7, 11) is -2.98. The number of ether oxygens (including phenoxy) is 2. The number of sulfone groups is 1. The number of nitrogens with zero attached hydrogens (tertiary/aromatic N) is 1. The number of hydrogen-bond acceptors (Lipinski definition) is 5. The van der Waals surface area contributed by atoms with Gasteiger partial charge in [0, 0.05) is 12.6 Å². The summed E-state index contributed by atoms with van der Waals surface area (Å²) in [4.78, 5) is 13.8. The Labute approximate surface area is 129 Å². The Morgan fingerprint density at radius 2 is 1.86 bits per heavy atom. The van der Waals surface area contributed by atoms with Crippen molar-refractivity contribution in [1.82, 2.24) is 4.90 Å². The molecular formula is C15H19NO5S. The van der Waals surface area contributed by atoms with Gasteiger partial charge in [-0.3, -0.25) is 4.79 Å². The van der Waals surface area contributed by atoms with Gasteiger partial charge in [-0.25, -0.2) is 8.42 Å². The first-order valence-electron chi connectivity index (χ1n) is 7.36. The number of amides is 1. The van der Waals surface area contributed by atoms with E-state index >= 15 is 0 Å². The topological polar surface area (TPSA) is 72.9 Å². The van der Waals surface area contributed by atoms with Crippen molar-refractivity contribution in [2.45, 2.75) is 24.6 Å². The highest BCUT2D eigenvalue weighted by atomic mass is 32.2. The van der Waals surface area contributed by atoms with Crippen LogP contribution in [0.3, 0.4) is 0 Å². The molecule has 2 unspecified atom stereocenters. The van der Waals surface area contributed by atoms with Crippen LogP contribution >= 0.6 is 0 Å². The summed E-state index contributed by atoms with van der Waals surface area (Å²) in [6.07, 6.45) is 0.567. The lowest BCUT2D eigenvalue weighted by molar-refractivity contribution is -0.133. The molecule has 1 amide bonds. The Kier molecular flexibility index (Phi) is 3.99. The van der Waals surface area contributed by atoms with Crippen molar-refractivity contribution in [1.29, 1.82) is 0 Å². The molecule has 2 aliphatic rings. The van der Waals surface area contributed by atoms with Gasteiger partial charge in [0.1, 0.15) is 11.5 Å². The molecule has 0 N–H and O–H groups in total. The lowest BCUT2D eigenvalue weighted by Gasteiger charge is -2.26. The van der Waals surface area contributed by atoms with E-state index in [-0.39, 0.29) is 29.6 Å². The molecule has 2 bridgehead atoms. The maximum Gasteiger partial charge on any atom is 0.260 e. The van der Waals surface area contributed by atoms with Crippen LogP contribution in [0.4, 0.5) is 0 Å². The Bertz CT molecular complexity index is 655. The molecule has 22 heavy (non-hydrogen) atoms. The number of rotatable bonds is 5. The molecule has 6 nitrogen and oxygen atoms in total. The van der Waals surface area contributed by atoms with Gasteiger partial charge in [0.25, 0.3) is 5.91 Å². The van der Waals surface area contributed by atoms with Crippen molar-refractivity contribution in [2.75, 3.05) is 25.5 Å². The highest BCUT2D eigenvalue weighted by Crippen LogP contribution is 2.32. The van der Waals surface area contributed by atoms with E-state index in [2.05, 4.69) is 0 Å². The van der Waals surface area contributed by atoms with Crippen molar-refractivity contribution in [2.24, 2.45) is 0 Å². The number of carbonyl (C=O) groups excluding carboxylic acids is 1. The van der Waals surface area contributed by atoms with Crippen LogP contribution in [-0.2, 0) is 14.6 Å². The fourth-order valence-electron chi connectivity index (χ4n) is 3.03. The molecule has 3 rings (SSSR count). The van der Waals surface area contributed by atoms with Gasteiger partial charge >= 0.3 is 0 Å². The summed E-state index contributed by atoms with van der Waals surface area (Å²) in [6, 6.07) is 6.89. The number of carbonyl (C=O) groups is 1. The Morgan fingerprint density at radius 3 is 2.36 bits per heavy atom. The van der Waals surface area contributed by atoms with E-state index in [1.807, 2.05) is 6.92 Å². The fraction of sp³-hybridized carbons (Fsp3) is 0.533. The van der Waals surface area contributed by atoms with E-state index in [4.69, 9.17) is 9.47 Å². The average Bonchev–Trinajstić information content (AvgIpc) is 3.02. The monoisotopic (exact) mass is 325 g/mol. The molecule has 2 saturated heterocycles. The van der Waals surface area contributed by atoms with Crippen molar-refractivity contribution in [3.8, 4) is 11.5 Å². The SMILES string of the molecule is CCOc1ccc(OCC(=O)N2CC3CC2CS3(=O)=O)cc1. The second-order valence-electron chi connectivity index (χ2n) is 5.58. The van der Waals surface area contributed by atoms with Crippen molar-refractivity contribution in [3.63, 3.8) is 0 Å².